The Labute approximate surface area is 101 Å². The molecule has 3 nitrogen and oxygen atoms in total. The van der Waals surface area contributed by atoms with E-state index in [0.717, 1.165) is 18.4 Å². The molecule has 1 aromatic carbocycles. The largest absolute Gasteiger partial charge is 0.282 e. The zero-order valence-electron chi connectivity index (χ0n) is 9.48. The number of rotatable bonds is 6. The van der Waals surface area contributed by atoms with Crippen LogP contribution in [0.3, 0.4) is 0 Å². The van der Waals surface area contributed by atoms with Gasteiger partial charge in [0.1, 0.15) is 0 Å². The summed E-state index contributed by atoms with van der Waals surface area (Å²) in [6, 6.07) is 5.15. The van der Waals surface area contributed by atoms with E-state index in [9.17, 15) is 10.1 Å². The summed E-state index contributed by atoms with van der Waals surface area (Å²) in [5.74, 6) is 0. The van der Waals surface area contributed by atoms with Gasteiger partial charge in [0.25, 0.3) is 5.69 Å². The molecule has 16 heavy (non-hydrogen) atoms. The van der Waals surface area contributed by atoms with Crippen LogP contribution in [0.15, 0.2) is 23.1 Å². The minimum absolute atomic E-state index is 0.108. The molecule has 0 amide bonds. The summed E-state index contributed by atoms with van der Waals surface area (Å²) in [5, 5.41) is 10.7. The molecule has 0 bridgehead atoms. The van der Waals surface area contributed by atoms with E-state index in [1.165, 1.54) is 25.3 Å². The molecule has 0 radical (unpaired) electrons. The fourth-order valence-electron chi connectivity index (χ4n) is 1.67. The Kier molecular flexibility index (Phi) is 5.32. The number of aryl methyl sites for hydroxylation is 1. The van der Waals surface area contributed by atoms with Crippen molar-refractivity contribution in [1.29, 1.82) is 0 Å². The summed E-state index contributed by atoms with van der Waals surface area (Å²) in [6.07, 6.45) is 5.54. The van der Waals surface area contributed by atoms with E-state index in [1.54, 1.807) is 6.07 Å². The smallest absolute Gasteiger partial charge is 0.258 e. The molecule has 0 atom stereocenters. The summed E-state index contributed by atoms with van der Waals surface area (Å²) >= 11 is 4.23. The molecule has 88 valence electrons. The zero-order chi connectivity index (χ0) is 12.0. The van der Waals surface area contributed by atoms with Gasteiger partial charge in [0, 0.05) is 6.07 Å². The minimum Gasteiger partial charge on any atom is -0.258 e. The van der Waals surface area contributed by atoms with Crippen molar-refractivity contribution in [3.63, 3.8) is 0 Å². The molecule has 4 heteroatoms. The third-order valence-corrected chi connectivity index (χ3v) is 3.11. The third-order valence-electron chi connectivity index (χ3n) is 2.59. The van der Waals surface area contributed by atoms with Crippen LogP contribution in [0.2, 0.25) is 0 Å². The van der Waals surface area contributed by atoms with E-state index in [0.29, 0.717) is 4.90 Å². The van der Waals surface area contributed by atoms with E-state index < -0.39 is 0 Å². The molecule has 1 aromatic rings. The van der Waals surface area contributed by atoms with Gasteiger partial charge in [-0.2, -0.15) is 0 Å². The minimum atomic E-state index is -0.377. The van der Waals surface area contributed by atoms with Crippen LogP contribution < -0.4 is 0 Å². The molecule has 0 aliphatic rings. The molecule has 0 saturated heterocycles. The van der Waals surface area contributed by atoms with E-state index in [1.807, 2.05) is 6.07 Å². The molecule has 0 fully saturated rings. The lowest BCUT2D eigenvalue weighted by Crippen LogP contribution is -1.94. The molecule has 0 saturated carbocycles. The summed E-state index contributed by atoms with van der Waals surface area (Å²) in [5.41, 5.74) is 1.09. The van der Waals surface area contributed by atoms with Gasteiger partial charge in [0.15, 0.2) is 0 Å². The third kappa shape index (κ3) is 3.52. The van der Waals surface area contributed by atoms with Crippen LogP contribution in [0.5, 0.6) is 0 Å². The van der Waals surface area contributed by atoms with Crippen molar-refractivity contribution in [1.82, 2.24) is 0 Å². The zero-order valence-corrected chi connectivity index (χ0v) is 10.4. The first-order valence-corrected chi connectivity index (χ1v) is 6.06. The maximum Gasteiger partial charge on any atom is 0.282 e. The summed E-state index contributed by atoms with van der Waals surface area (Å²) in [7, 11) is 0. The summed E-state index contributed by atoms with van der Waals surface area (Å²) < 4.78 is 0. The van der Waals surface area contributed by atoms with Crippen LogP contribution in [-0.4, -0.2) is 4.92 Å². The van der Waals surface area contributed by atoms with Gasteiger partial charge in [0.2, 0.25) is 0 Å². The predicted octanol–water partition coefficient (Wildman–Crippen LogP) is 4.01. The van der Waals surface area contributed by atoms with Crippen LogP contribution in [0, 0.1) is 10.1 Å². The lowest BCUT2D eigenvalue weighted by molar-refractivity contribution is -0.387. The average Bonchev–Trinajstić information content (AvgIpc) is 2.26. The molecular formula is C12H17NO2S. The second-order valence-electron chi connectivity index (χ2n) is 3.85. The monoisotopic (exact) mass is 239 g/mol. The number of hydrogen-bond donors (Lipinski definition) is 1. The highest BCUT2D eigenvalue weighted by atomic mass is 32.1. The lowest BCUT2D eigenvalue weighted by Gasteiger charge is -2.05. The Morgan fingerprint density at radius 2 is 2.06 bits per heavy atom. The highest BCUT2D eigenvalue weighted by Gasteiger charge is 2.13. The number of hydrogen-bond acceptors (Lipinski definition) is 3. The Hall–Kier alpha value is -1.03. The first-order chi connectivity index (χ1) is 7.66. The van der Waals surface area contributed by atoms with Gasteiger partial charge in [-0.25, -0.2) is 0 Å². The van der Waals surface area contributed by atoms with Crippen molar-refractivity contribution < 1.29 is 4.92 Å². The predicted molar refractivity (Wildman–Crippen MR) is 68.2 cm³/mol. The first-order valence-electron chi connectivity index (χ1n) is 5.62. The maximum absolute atomic E-state index is 10.7. The normalized spacial score (nSPS) is 10.4. The van der Waals surface area contributed by atoms with E-state index in [4.69, 9.17) is 0 Å². The van der Waals surface area contributed by atoms with Gasteiger partial charge in [-0.15, -0.1) is 12.6 Å². The van der Waals surface area contributed by atoms with Crippen LogP contribution in [0.4, 0.5) is 5.69 Å². The van der Waals surface area contributed by atoms with Gasteiger partial charge in [-0.05, 0) is 18.4 Å². The fourth-order valence-corrected chi connectivity index (χ4v) is 2.01. The van der Waals surface area contributed by atoms with Crippen LogP contribution >= 0.6 is 12.6 Å². The van der Waals surface area contributed by atoms with Crippen LogP contribution in [-0.2, 0) is 6.42 Å². The Bertz CT molecular complexity index is 366. The maximum atomic E-state index is 10.7. The Morgan fingerprint density at radius 1 is 1.31 bits per heavy atom. The standard InChI is InChI=1S/C12H17NO2S/c1-2-3-4-5-7-10-8-6-9-11(12(10)16)13(14)15/h6,8-9,16H,2-5,7H2,1H3. The van der Waals surface area contributed by atoms with E-state index in [-0.39, 0.29) is 10.6 Å². The molecule has 0 spiro atoms. The van der Waals surface area contributed by atoms with Crippen molar-refractivity contribution in [3.05, 3.63) is 33.9 Å². The molecule has 0 aliphatic carbocycles. The second kappa shape index (κ2) is 6.53. The number of benzene rings is 1. The van der Waals surface area contributed by atoms with Gasteiger partial charge in [0.05, 0.1) is 9.82 Å². The van der Waals surface area contributed by atoms with E-state index in [2.05, 4.69) is 19.6 Å². The van der Waals surface area contributed by atoms with Crippen LogP contribution in [0.25, 0.3) is 0 Å². The van der Waals surface area contributed by atoms with Gasteiger partial charge < -0.3 is 0 Å². The van der Waals surface area contributed by atoms with Crippen LogP contribution in [0.1, 0.15) is 38.2 Å². The van der Waals surface area contributed by atoms with Crippen molar-refractivity contribution >= 4 is 18.3 Å². The first kappa shape index (κ1) is 13.0. The summed E-state index contributed by atoms with van der Waals surface area (Å²) in [6.45, 7) is 2.16. The van der Waals surface area contributed by atoms with Gasteiger partial charge in [-0.1, -0.05) is 38.3 Å². The Balaban J connectivity index is 2.66. The molecule has 0 unspecified atom stereocenters. The van der Waals surface area contributed by atoms with Gasteiger partial charge >= 0.3 is 0 Å². The number of thiol groups is 1. The van der Waals surface area contributed by atoms with Gasteiger partial charge in [-0.3, -0.25) is 10.1 Å². The lowest BCUT2D eigenvalue weighted by atomic mass is 10.1. The van der Waals surface area contributed by atoms with Crippen molar-refractivity contribution in [3.8, 4) is 0 Å². The van der Waals surface area contributed by atoms with Crippen molar-refractivity contribution in [2.75, 3.05) is 0 Å². The molecule has 0 N–H and O–H groups in total. The fraction of sp³-hybridized carbons (Fsp3) is 0.500. The quantitative estimate of drug-likeness (QED) is 0.353. The number of unbranched alkanes of at least 4 members (excludes halogenated alkanes) is 3. The highest BCUT2D eigenvalue weighted by Crippen LogP contribution is 2.27. The van der Waals surface area contributed by atoms with Crippen molar-refractivity contribution in [2.45, 2.75) is 43.9 Å². The molecular weight excluding hydrogens is 222 g/mol. The highest BCUT2D eigenvalue weighted by molar-refractivity contribution is 7.80. The topological polar surface area (TPSA) is 43.1 Å². The molecule has 0 aliphatic heterocycles. The summed E-state index contributed by atoms with van der Waals surface area (Å²) in [4.78, 5) is 10.8. The molecule has 0 heterocycles. The SMILES string of the molecule is CCCCCCc1cccc([N+](=O)[O-])c1S. The Morgan fingerprint density at radius 3 is 2.69 bits per heavy atom. The molecule has 0 aromatic heterocycles. The van der Waals surface area contributed by atoms with Crippen molar-refractivity contribution in [2.24, 2.45) is 0 Å². The molecule has 1 rings (SSSR count). The second-order valence-corrected chi connectivity index (χ2v) is 4.30. The van der Waals surface area contributed by atoms with E-state index >= 15 is 0 Å². The number of nitro groups is 1. The number of nitro benzene ring substituents is 1. The average molecular weight is 239 g/mol. The number of nitrogens with zero attached hydrogens (tertiary/aromatic N) is 1.